The lowest BCUT2D eigenvalue weighted by atomic mass is 10.1. The van der Waals surface area contributed by atoms with Gasteiger partial charge in [0.2, 0.25) is 5.91 Å². The summed E-state index contributed by atoms with van der Waals surface area (Å²) in [5.41, 5.74) is 0. The van der Waals surface area contributed by atoms with E-state index in [4.69, 9.17) is 9.47 Å². The normalized spacial score (nSPS) is 21.6. The lowest BCUT2D eigenvalue weighted by Gasteiger charge is -2.25. The summed E-state index contributed by atoms with van der Waals surface area (Å²) in [7, 11) is 1.71. The SMILES string of the molecule is COCCN1CCC(C(=O)N2CCCN(CCOc3ccc(F)cc3)CC2)C1. The van der Waals surface area contributed by atoms with Crippen molar-refractivity contribution in [1.82, 2.24) is 14.7 Å². The Kier molecular flexibility index (Phi) is 8.06. The number of rotatable bonds is 8. The molecule has 0 radical (unpaired) electrons. The van der Waals surface area contributed by atoms with Crippen LogP contribution in [0.3, 0.4) is 0 Å². The van der Waals surface area contributed by atoms with E-state index in [0.717, 1.165) is 71.8 Å². The quantitative estimate of drug-likeness (QED) is 0.673. The van der Waals surface area contributed by atoms with Gasteiger partial charge >= 0.3 is 0 Å². The maximum absolute atomic E-state index is 12.9. The maximum atomic E-state index is 12.9. The third-order valence-corrected chi connectivity index (χ3v) is 5.62. The Morgan fingerprint density at radius 1 is 1.04 bits per heavy atom. The summed E-state index contributed by atoms with van der Waals surface area (Å²) in [6.45, 7) is 8.31. The van der Waals surface area contributed by atoms with Crippen LogP contribution in [0.4, 0.5) is 4.39 Å². The molecule has 0 aromatic heterocycles. The third-order valence-electron chi connectivity index (χ3n) is 5.62. The lowest BCUT2D eigenvalue weighted by molar-refractivity contribution is -0.135. The van der Waals surface area contributed by atoms with Crippen molar-refractivity contribution in [3.63, 3.8) is 0 Å². The molecule has 1 unspecified atom stereocenters. The van der Waals surface area contributed by atoms with Gasteiger partial charge in [-0.1, -0.05) is 0 Å². The maximum Gasteiger partial charge on any atom is 0.227 e. The van der Waals surface area contributed by atoms with E-state index >= 15 is 0 Å². The number of hydrogen-bond acceptors (Lipinski definition) is 5. The van der Waals surface area contributed by atoms with Crippen LogP contribution in [0.25, 0.3) is 0 Å². The second-order valence-electron chi connectivity index (χ2n) is 7.60. The van der Waals surface area contributed by atoms with Gasteiger partial charge in [-0.15, -0.1) is 0 Å². The van der Waals surface area contributed by atoms with Crippen LogP contribution in [-0.4, -0.2) is 93.3 Å². The highest BCUT2D eigenvalue weighted by Gasteiger charge is 2.31. The van der Waals surface area contributed by atoms with Crippen molar-refractivity contribution >= 4 is 5.91 Å². The van der Waals surface area contributed by atoms with E-state index in [1.165, 1.54) is 12.1 Å². The number of ether oxygens (including phenoxy) is 2. The number of methoxy groups -OCH3 is 1. The zero-order chi connectivity index (χ0) is 19.8. The number of amides is 1. The summed E-state index contributed by atoms with van der Waals surface area (Å²) in [4.78, 5) is 19.6. The van der Waals surface area contributed by atoms with E-state index in [9.17, 15) is 9.18 Å². The second-order valence-corrected chi connectivity index (χ2v) is 7.60. The minimum Gasteiger partial charge on any atom is -0.492 e. The van der Waals surface area contributed by atoms with Gasteiger partial charge in [0.25, 0.3) is 0 Å². The van der Waals surface area contributed by atoms with E-state index < -0.39 is 0 Å². The first-order valence-corrected chi connectivity index (χ1v) is 10.3. The van der Waals surface area contributed by atoms with E-state index in [0.29, 0.717) is 18.3 Å². The Balaban J connectivity index is 1.38. The summed E-state index contributed by atoms with van der Waals surface area (Å²) < 4.78 is 23.8. The van der Waals surface area contributed by atoms with Crippen molar-refractivity contribution in [1.29, 1.82) is 0 Å². The molecule has 2 aliphatic rings. The number of likely N-dealkylation sites (tertiary alicyclic amines) is 1. The van der Waals surface area contributed by atoms with Crippen LogP contribution in [0, 0.1) is 11.7 Å². The number of nitrogens with zero attached hydrogens (tertiary/aromatic N) is 3. The minimum absolute atomic E-state index is 0.130. The van der Waals surface area contributed by atoms with Gasteiger partial charge in [-0.3, -0.25) is 9.69 Å². The van der Waals surface area contributed by atoms with Gasteiger partial charge in [0.1, 0.15) is 18.2 Å². The molecule has 156 valence electrons. The topological polar surface area (TPSA) is 45.2 Å². The Morgan fingerprint density at radius 2 is 1.82 bits per heavy atom. The zero-order valence-electron chi connectivity index (χ0n) is 16.8. The number of carbonyl (C=O) groups excluding carboxylic acids is 1. The first kappa shape index (κ1) is 21.0. The first-order chi connectivity index (χ1) is 13.7. The molecule has 2 aliphatic heterocycles. The molecule has 7 heteroatoms. The molecule has 6 nitrogen and oxygen atoms in total. The molecule has 0 aliphatic carbocycles. The molecule has 28 heavy (non-hydrogen) atoms. The van der Waals surface area contributed by atoms with Crippen molar-refractivity contribution < 1.29 is 18.7 Å². The van der Waals surface area contributed by atoms with Crippen molar-refractivity contribution in [3.8, 4) is 5.75 Å². The van der Waals surface area contributed by atoms with Crippen molar-refractivity contribution in [2.24, 2.45) is 5.92 Å². The summed E-state index contributed by atoms with van der Waals surface area (Å²) in [5.74, 6) is 0.871. The van der Waals surface area contributed by atoms with Gasteiger partial charge in [-0.05, 0) is 43.7 Å². The van der Waals surface area contributed by atoms with Crippen molar-refractivity contribution in [2.75, 3.05) is 72.7 Å². The number of hydrogen-bond donors (Lipinski definition) is 0. The third kappa shape index (κ3) is 6.15. The van der Waals surface area contributed by atoms with Gasteiger partial charge in [-0.2, -0.15) is 0 Å². The Hall–Kier alpha value is -1.70. The van der Waals surface area contributed by atoms with Gasteiger partial charge in [0, 0.05) is 52.9 Å². The first-order valence-electron chi connectivity index (χ1n) is 10.3. The fourth-order valence-corrected chi connectivity index (χ4v) is 3.95. The molecule has 1 amide bonds. The molecule has 2 heterocycles. The molecule has 2 saturated heterocycles. The van der Waals surface area contributed by atoms with Crippen LogP contribution in [-0.2, 0) is 9.53 Å². The summed E-state index contributed by atoms with van der Waals surface area (Å²) >= 11 is 0. The molecule has 1 aromatic carbocycles. The standard InChI is InChI=1S/C21H32FN3O3/c1-27-15-13-24-10-7-18(17-24)21(26)25-9-2-8-23(11-12-25)14-16-28-20-5-3-19(22)4-6-20/h3-6,18H,2,7-17H2,1H3. The highest BCUT2D eigenvalue weighted by molar-refractivity contribution is 5.79. The predicted octanol–water partition coefficient (Wildman–Crippen LogP) is 1.71. The van der Waals surface area contributed by atoms with E-state index in [1.54, 1.807) is 19.2 Å². The number of benzene rings is 1. The van der Waals surface area contributed by atoms with E-state index in [-0.39, 0.29) is 11.7 Å². The summed E-state index contributed by atoms with van der Waals surface area (Å²) in [6.07, 6.45) is 1.94. The number of carbonyl (C=O) groups is 1. The smallest absolute Gasteiger partial charge is 0.227 e. The molecular weight excluding hydrogens is 361 g/mol. The predicted molar refractivity (Wildman–Crippen MR) is 106 cm³/mol. The average Bonchev–Trinajstić information content (AvgIpc) is 3.05. The van der Waals surface area contributed by atoms with Crippen LogP contribution >= 0.6 is 0 Å². The monoisotopic (exact) mass is 393 g/mol. The average molecular weight is 394 g/mol. The number of halogens is 1. The highest BCUT2D eigenvalue weighted by Crippen LogP contribution is 2.19. The molecule has 0 spiro atoms. The summed E-state index contributed by atoms with van der Waals surface area (Å²) in [5, 5.41) is 0. The molecule has 1 atom stereocenters. The van der Waals surface area contributed by atoms with Gasteiger partial charge in [0.05, 0.1) is 12.5 Å². The Labute approximate surface area is 167 Å². The van der Waals surface area contributed by atoms with Gasteiger partial charge in [0.15, 0.2) is 0 Å². The molecule has 2 fully saturated rings. The van der Waals surface area contributed by atoms with Crippen molar-refractivity contribution in [2.45, 2.75) is 12.8 Å². The molecule has 1 aromatic rings. The molecule has 0 bridgehead atoms. The van der Waals surface area contributed by atoms with E-state index in [2.05, 4.69) is 9.80 Å². The largest absolute Gasteiger partial charge is 0.492 e. The minimum atomic E-state index is -0.256. The highest BCUT2D eigenvalue weighted by atomic mass is 19.1. The fraction of sp³-hybridized carbons (Fsp3) is 0.667. The second kappa shape index (κ2) is 10.7. The van der Waals surface area contributed by atoms with Crippen LogP contribution in [0.2, 0.25) is 0 Å². The van der Waals surface area contributed by atoms with E-state index in [1.807, 2.05) is 4.90 Å². The van der Waals surface area contributed by atoms with Gasteiger partial charge < -0.3 is 19.3 Å². The molecule has 3 rings (SSSR count). The Bertz CT molecular complexity index is 613. The molecule has 0 N–H and O–H groups in total. The van der Waals surface area contributed by atoms with Crippen molar-refractivity contribution in [3.05, 3.63) is 30.1 Å². The zero-order valence-corrected chi connectivity index (χ0v) is 16.8. The summed E-state index contributed by atoms with van der Waals surface area (Å²) in [6, 6.07) is 6.11. The van der Waals surface area contributed by atoms with Crippen LogP contribution in [0.1, 0.15) is 12.8 Å². The van der Waals surface area contributed by atoms with Crippen LogP contribution in [0.5, 0.6) is 5.75 Å². The van der Waals surface area contributed by atoms with Crippen LogP contribution < -0.4 is 4.74 Å². The lowest BCUT2D eigenvalue weighted by Crippen LogP contribution is -2.40. The molecular formula is C21H32FN3O3. The Morgan fingerprint density at radius 3 is 2.61 bits per heavy atom. The molecule has 0 saturated carbocycles. The fourth-order valence-electron chi connectivity index (χ4n) is 3.95. The van der Waals surface area contributed by atoms with Crippen LogP contribution in [0.15, 0.2) is 24.3 Å². The van der Waals surface area contributed by atoms with Gasteiger partial charge in [-0.25, -0.2) is 4.39 Å².